The predicted octanol–water partition coefficient (Wildman–Crippen LogP) is -0.132. The van der Waals surface area contributed by atoms with E-state index in [-0.39, 0.29) is 13.1 Å². The summed E-state index contributed by atoms with van der Waals surface area (Å²) in [4.78, 5) is 38.2. The Bertz CT molecular complexity index is 945. The highest BCUT2D eigenvalue weighted by atomic mass is 16.5. The van der Waals surface area contributed by atoms with Gasteiger partial charge >= 0.3 is 11.1 Å². The Kier molecular flexibility index (Phi) is 4.87. The number of nitrogens with one attached hydrogen (secondary N) is 1. The highest BCUT2D eigenvalue weighted by Crippen LogP contribution is 2.27. The summed E-state index contributed by atoms with van der Waals surface area (Å²) in [5.41, 5.74) is -0.702. The summed E-state index contributed by atoms with van der Waals surface area (Å²) in [6.07, 6.45) is 1.52. The van der Waals surface area contributed by atoms with Gasteiger partial charge in [-0.3, -0.25) is 19.0 Å². The molecule has 1 amide bonds. The van der Waals surface area contributed by atoms with Crippen LogP contribution < -0.4 is 26.1 Å². The second-order valence-corrected chi connectivity index (χ2v) is 5.66. The lowest BCUT2D eigenvalue weighted by molar-refractivity contribution is -0.121. The first-order valence-electron chi connectivity index (χ1n) is 8.06. The van der Waals surface area contributed by atoms with Gasteiger partial charge in [-0.1, -0.05) is 6.08 Å². The van der Waals surface area contributed by atoms with Crippen molar-refractivity contribution in [2.75, 3.05) is 25.1 Å². The van der Waals surface area contributed by atoms with Crippen LogP contribution in [0.2, 0.25) is 0 Å². The molecule has 0 aliphatic carbocycles. The number of benzene rings is 1. The molecule has 136 valence electrons. The number of methoxy groups -OCH3 is 1. The summed E-state index contributed by atoms with van der Waals surface area (Å²) in [5, 5.41) is 6.79. The number of fused-ring (bicyclic) bond motifs is 1. The summed E-state index contributed by atoms with van der Waals surface area (Å²) >= 11 is 0. The Morgan fingerprint density at radius 3 is 2.65 bits per heavy atom. The lowest BCUT2D eigenvalue weighted by Gasteiger charge is -2.18. The third kappa shape index (κ3) is 3.23. The molecule has 1 aliphatic rings. The molecule has 1 N–H and O–H groups in total. The average Bonchev–Trinajstić information content (AvgIpc) is 3.08. The molecule has 9 nitrogen and oxygen atoms in total. The van der Waals surface area contributed by atoms with Crippen molar-refractivity contribution in [3.05, 3.63) is 57.6 Å². The van der Waals surface area contributed by atoms with Crippen molar-refractivity contribution >= 4 is 17.5 Å². The number of aromatic nitrogens is 3. The molecule has 26 heavy (non-hydrogen) atoms. The standard InChI is InChI=1S/C17H19N5O4/c1-3-8-18-14(23)11-22-16(25)15(24)21-10-9-20(17(21)19-22)12-4-6-13(26-2)7-5-12/h3-7H,1,8-11H2,2H3,(H,18,23). The first kappa shape index (κ1) is 17.5. The van der Waals surface area contributed by atoms with Crippen molar-refractivity contribution in [2.45, 2.75) is 13.1 Å². The van der Waals surface area contributed by atoms with E-state index in [2.05, 4.69) is 17.0 Å². The van der Waals surface area contributed by atoms with Crippen LogP contribution in [0.4, 0.5) is 11.6 Å². The molecule has 0 bridgehead atoms. The van der Waals surface area contributed by atoms with Crippen LogP contribution in [-0.2, 0) is 17.9 Å². The molecule has 2 heterocycles. The molecule has 0 saturated heterocycles. The zero-order valence-electron chi connectivity index (χ0n) is 14.3. The monoisotopic (exact) mass is 357 g/mol. The maximum atomic E-state index is 12.3. The third-order valence-corrected chi connectivity index (χ3v) is 4.02. The molecule has 3 rings (SSSR count). The Labute approximate surface area is 149 Å². The second kappa shape index (κ2) is 7.26. The number of hydrogen-bond acceptors (Lipinski definition) is 6. The topological polar surface area (TPSA) is 98.5 Å². The van der Waals surface area contributed by atoms with E-state index in [0.717, 1.165) is 10.4 Å². The number of carbonyl (C=O) groups excluding carboxylic acids is 1. The van der Waals surface area contributed by atoms with Gasteiger partial charge < -0.3 is 15.0 Å². The van der Waals surface area contributed by atoms with E-state index in [1.165, 1.54) is 10.6 Å². The summed E-state index contributed by atoms with van der Waals surface area (Å²) in [6.45, 7) is 4.31. The van der Waals surface area contributed by atoms with Crippen molar-refractivity contribution in [3.8, 4) is 5.75 Å². The number of amides is 1. The molecular formula is C17H19N5O4. The third-order valence-electron chi connectivity index (χ3n) is 4.02. The van der Waals surface area contributed by atoms with Crippen molar-refractivity contribution in [2.24, 2.45) is 0 Å². The SMILES string of the molecule is C=CCNC(=O)Cn1nc2n(c(=O)c1=O)CCN2c1ccc(OC)cc1. The van der Waals surface area contributed by atoms with E-state index in [4.69, 9.17) is 4.74 Å². The fourth-order valence-corrected chi connectivity index (χ4v) is 2.72. The van der Waals surface area contributed by atoms with Gasteiger partial charge in [0.2, 0.25) is 11.9 Å². The van der Waals surface area contributed by atoms with Gasteiger partial charge in [0.15, 0.2) is 0 Å². The largest absolute Gasteiger partial charge is 0.497 e. The molecular weight excluding hydrogens is 338 g/mol. The summed E-state index contributed by atoms with van der Waals surface area (Å²) in [5.74, 6) is 0.622. The van der Waals surface area contributed by atoms with Gasteiger partial charge in [0.1, 0.15) is 12.3 Å². The van der Waals surface area contributed by atoms with Gasteiger partial charge in [-0.25, -0.2) is 4.68 Å². The molecule has 0 saturated carbocycles. The van der Waals surface area contributed by atoms with Crippen LogP contribution in [-0.4, -0.2) is 40.5 Å². The predicted molar refractivity (Wildman–Crippen MR) is 96.0 cm³/mol. The number of rotatable bonds is 6. The van der Waals surface area contributed by atoms with Gasteiger partial charge in [-0.2, -0.15) is 0 Å². The minimum absolute atomic E-state index is 0.273. The van der Waals surface area contributed by atoms with Crippen LogP contribution in [0, 0.1) is 0 Å². The van der Waals surface area contributed by atoms with Crippen molar-refractivity contribution in [1.29, 1.82) is 0 Å². The molecule has 1 aromatic carbocycles. The lowest BCUT2D eigenvalue weighted by Crippen LogP contribution is -2.44. The fourth-order valence-electron chi connectivity index (χ4n) is 2.72. The molecule has 0 unspecified atom stereocenters. The van der Waals surface area contributed by atoms with E-state index < -0.39 is 17.0 Å². The highest BCUT2D eigenvalue weighted by Gasteiger charge is 2.26. The van der Waals surface area contributed by atoms with Crippen molar-refractivity contribution < 1.29 is 9.53 Å². The molecule has 0 radical (unpaired) electrons. The molecule has 9 heteroatoms. The number of anilines is 2. The van der Waals surface area contributed by atoms with E-state index in [1.807, 2.05) is 17.0 Å². The van der Waals surface area contributed by atoms with Crippen molar-refractivity contribution in [1.82, 2.24) is 19.7 Å². The quantitative estimate of drug-likeness (QED) is 0.571. The van der Waals surface area contributed by atoms with E-state index >= 15 is 0 Å². The zero-order chi connectivity index (χ0) is 18.7. The minimum atomic E-state index is -0.820. The maximum Gasteiger partial charge on any atom is 0.333 e. The number of carbonyl (C=O) groups is 1. The van der Waals surface area contributed by atoms with Crippen LogP contribution in [0.25, 0.3) is 0 Å². The van der Waals surface area contributed by atoms with Crippen LogP contribution in [0.5, 0.6) is 5.75 Å². The Morgan fingerprint density at radius 1 is 1.27 bits per heavy atom. The second-order valence-electron chi connectivity index (χ2n) is 5.66. The Morgan fingerprint density at radius 2 is 2.00 bits per heavy atom. The molecule has 0 spiro atoms. The van der Waals surface area contributed by atoms with Crippen LogP contribution in [0.15, 0.2) is 46.5 Å². The molecule has 1 aliphatic heterocycles. The normalized spacial score (nSPS) is 12.6. The minimum Gasteiger partial charge on any atom is -0.497 e. The van der Waals surface area contributed by atoms with E-state index in [1.54, 1.807) is 19.2 Å². The first-order valence-corrected chi connectivity index (χ1v) is 8.06. The van der Waals surface area contributed by atoms with Gasteiger partial charge in [-0.15, -0.1) is 11.7 Å². The number of hydrogen-bond donors (Lipinski definition) is 1. The van der Waals surface area contributed by atoms with Crippen LogP contribution in [0.3, 0.4) is 0 Å². The average molecular weight is 357 g/mol. The molecule has 1 aromatic heterocycles. The Balaban J connectivity index is 1.95. The summed E-state index contributed by atoms with van der Waals surface area (Å²) in [7, 11) is 1.58. The molecule has 0 atom stereocenters. The van der Waals surface area contributed by atoms with Crippen molar-refractivity contribution in [3.63, 3.8) is 0 Å². The van der Waals surface area contributed by atoms with Gasteiger partial charge in [-0.05, 0) is 24.3 Å². The van der Waals surface area contributed by atoms with E-state index in [9.17, 15) is 14.4 Å². The maximum absolute atomic E-state index is 12.3. The van der Waals surface area contributed by atoms with Gasteiger partial charge in [0.25, 0.3) is 0 Å². The summed E-state index contributed by atoms with van der Waals surface area (Å²) < 4.78 is 7.37. The number of nitrogens with zero attached hydrogens (tertiary/aromatic N) is 4. The fraction of sp³-hybridized carbons (Fsp3) is 0.294. The summed E-state index contributed by atoms with van der Waals surface area (Å²) in [6, 6.07) is 7.28. The molecule has 0 fully saturated rings. The highest BCUT2D eigenvalue weighted by molar-refractivity contribution is 5.75. The molecule has 2 aromatic rings. The van der Waals surface area contributed by atoms with E-state index in [0.29, 0.717) is 24.8 Å². The van der Waals surface area contributed by atoms with Gasteiger partial charge in [0.05, 0.1) is 7.11 Å². The zero-order valence-corrected chi connectivity index (χ0v) is 14.3. The first-order chi connectivity index (χ1) is 12.5. The smallest absolute Gasteiger partial charge is 0.333 e. The van der Waals surface area contributed by atoms with Gasteiger partial charge in [0, 0.05) is 25.3 Å². The Hall–Kier alpha value is -3.36. The number of ether oxygens (including phenoxy) is 1. The lowest BCUT2D eigenvalue weighted by atomic mass is 10.3. The van der Waals surface area contributed by atoms with Crippen LogP contribution in [0.1, 0.15) is 0 Å². The van der Waals surface area contributed by atoms with Crippen LogP contribution >= 0.6 is 0 Å².